The summed E-state index contributed by atoms with van der Waals surface area (Å²) in [5, 5.41) is 2.79. The lowest BCUT2D eigenvalue weighted by Gasteiger charge is -2.18. The first-order chi connectivity index (χ1) is 15.6. The Bertz CT molecular complexity index is 1080. The van der Waals surface area contributed by atoms with Gasteiger partial charge in [-0.1, -0.05) is 36.4 Å². The summed E-state index contributed by atoms with van der Waals surface area (Å²) in [5.41, 5.74) is 3.74. The number of carbonyl (C=O) groups is 2. The van der Waals surface area contributed by atoms with Crippen LogP contribution in [0.25, 0.3) is 0 Å². The van der Waals surface area contributed by atoms with E-state index in [9.17, 15) is 9.59 Å². The molecule has 6 nitrogen and oxygen atoms in total. The molecular weight excluding hydrogens is 406 g/mol. The van der Waals surface area contributed by atoms with Crippen LogP contribution in [0, 0.1) is 0 Å². The van der Waals surface area contributed by atoms with E-state index in [1.165, 1.54) is 11.1 Å². The van der Waals surface area contributed by atoms with Crippen LogP contribution in [0.5, 0.6) is 11.5 Å². The van der Waals surface area contributed by atoms with Gasteiger partial charge in [0.15, 0.2) is 6.61 Å². The van der Waals surface area contributed by atoms with Crippen molar-refractivity contribution in [2.75, 3.05) is 19.0 Å². The van der Waals surface area contributed by atoms with Gasteiger partial charge in [0, 0.05) is 11.3 Å². The largest absolute Gasteiger partial charge is 0.497 e. The van der Waals surface area contributed by atoms with E-state index in [0.717, 1.165) is 19.3 Å². The zero-order chi connectivity index (χ0) is 22.3. The summed E-state index contributed by atoms with van der Waals surface area (Å²) < 4.78 is 16.3. The molecule has 0 heterocycles. The average molecular weight is 431 g/mol. The summed E-state index contributed by atoms with van der Waals surface area (Å²) in [7, 11) is 1.57. The van der Waals surface area contributed by atoms with Crippen LogP contribution in [0.3, 0.4) is 0 Å². The fourth-order valence-corrected chi connectivity index (χ4v) is 3.73. The van der Waals surface area contributed by atoms with E-state index in [-0.39, 0.29) is 6.61 Å². The molecule has 0 radical (unpaired) electrons. The van der Waals surface area contributed by atoms with Gasteiger partial charge in [0.2, 0.25) is 6.10 Å². The number of hydrogen-bond acceptors (Lipinski definition) is 5. The number of hydrogen-bond donors (Lipinski definition) is 1. The topological polar surface area (TPSA) is 73.9 Å². The molecule has 0 bridgehead atoms. The molecule has 3 aromatic carbocycles. The van der Waals surface area contributed by atoms with Gasteiger partial charge in [-0.2, -0.15) is 0 Å². The highest BCUT2D eigenvalue weighted by Crippen LogP contribution is 2.26. The highest BCUT2D eigenvalue weighted by atomic mass is 16.6. The smallest absolute Gasteiger partial charge is 0.345 e. The third kappa shape index (κ3) is 5.27. The lowest BCUT2D eigenvalue weighted by atomic mass is 10.1. The maximum absolute atomic E-state index is 12.9. The zero-order valence-electron chi connectivity index (χ0n) is 17.9. The number of ether oxygens (including phenoxy) is 3. The first-order valence-corrected chi connectivity index (χ1v) is 10.6. The molecule has 4 rings (SSSR count). The monoisotopic (exact) mass is 431 g/mol. The Kier molecular flexibility index (Phi) is 6.70. The molecule has 1 aliphatic carbocycles. The van der Waals surface area contributed by atoms with Gasteiger partial charge in [0.25, 0.3) is 5.91 Å². The van der Waals surface area contributed by atoms with E-state index in [0.29, 0.717) is 22.7 Å². The normalized spacial score (nSPS) is 13.0. The van der Waals surface area contributed by atoms with E-state index in [1.54, 1.807) is 55.6 Å². The number of aryl methyl sites for hydroxylation is 2. The first kappa shape index (κ1) is 21.4. The maximum Gasteiger partial charge on any atom is 0.345 e. The van der Waals surface area contributed by atoms with Crippen molar-refractivity contribution >= 4 is 17.6 Å². The molecule has 164 valence electrons. The number of amides is 1. The fourth-order valence-electron chi connectivity index (χ4n) is 3.73. The average Bonchev–Trinajstić information content (AvgIpc) is 3.30. The van der Waals surface area contributed by atoms with E-state index in [2.05, 4.69) is 5.32 Å². The molecule has 3 aromatic rings. The second-order valence-electron chi connectivity index (χ2n) is 7.57. The molecule has 1 atom stereocenters. The molecule has 6 heteroatoms. The van der Waals surface area contributed by atoms with Gasteiger partial charge in [0.1, 0.15) is 11.5 Å². The molecular formula is C26H25NO5. The molecule has 1 unspecified atom stereocenters. The van der Waals surface area contributed by atoms with Gasteiger partial charge < -0.3 is 19.5 Å². The number of esters is 1. The predicted molar refractivity (Wildman–Crippen MR) is 121 cm³/mol. The zero-order valence-corrected chi connectivity index (χ0v) is 17.9. The summed E-state index contributed by atoms with van der Waals surface area (Å²) in [6, 6.07) is 21.7. The van der Waals surface area contributed by atoms with Crippen molar-refractivity contribution in [3.63, 3.8) is 0 Å². The molecule has 1 aliphatic rings. The highest BCUT2D eigenvalue weighted by molar-refractivity contribution is 5.96. The summed E-state index contributed by atoms with van der Waals surface area (Å²) in [5.74, 6) is 0.232. The lowest BCUT2D eigenvalue weighted by molar-refractivity contribution is -0.156. The Morgan fingerprint density at radius 2 is 1.62 bits per heavy atom. The van der Waals surface area contributed by atoms with Crippen molar-refractivity contribution in [3.8, 4) is 11.5 Å². The van der Waals surface area contributed by atoms with Gasteiger partial charge in [0.05, 0.1) is 7.11 Å². The summed E-state index contributed by atoms with van der Waals surface area (Å²) in [6.07, 6.45) is 2.15. The second kappa shape index (κ2) is 10.0. The Morgan fingerprint density at radius 3 is 2.38 bits per heavy atom. The third-order valence-electron chi connectivity index (χ3n) is 5.37. The number of methoxy groups -OCH3 is 1. The minimum atomic E-state index is -1.10. The van der Waals surface area contributed by atoms with Crippen molar-refractivity contribution in [1.29, 1.82) is 0 Å². The predicted octanol–water partition coefficient (Wildman–Crippen LogP) is 4.49. The van der Waals surface area contributed by atoms with Gasteiger partial charge >= 0.3 is 5.97 Å². The number of anilines is 1. The molecule has 0 aliphatic heterocycles. The quantitative estimate of drug-likeness (QED) is 0.532. The first-order valence-electron chi connectivity index (χ1n) is 10.6. The SMILES string of the molecule is COc1ccc(NC(=O)C(OC(=O)COc2ccc3c(c2)CCC3)c2ccccc2)cc1. The molecule has 0 saturated heterocycles. The van der Waals surface area contributed by atoms with Crippen LogP contribution in [0.2, 0.25) is 0 Å². The van der Waals surface area contributed by atoms with E-state index < -0.39 is 18.0 Å². The van der Waals surface area contributed by atoms with E-state index in [4.69, 9.17) is 14.2 Å². The molecule has 1 N–H and O–H groups in total. The molecule has 0 saturated carbocycles. The van der Waals surface area contributed by atoms with Crippen LogP contribution in [0.1, 0.15) is 29.2 Å². The molecule has 0 aromatic heterocycles. The van der Waals surface area contributed by atoms with Crippen molar-refractivity contribution in [1.82, 2.24) is 0 Å². The summed E-state index contributed by atoms with van der Waals surface area (Å²) in [4.78, 5) is 25.5. The number of benzene rings is 3. The Labute approximate surface area is 187 Å². The summed E-state index contributed by atoms with van der Waals surface area (Å²) >= 11 is 0. The van der Waals surface area contributed by atoms with Gasteiger partial charge in [-0.25, -0.2) is 4.79 Å². The van der Waals surface area contributed by atoms with Gasteiger partial charge in [-0.3, -0.25) is 4.79 Å². The van der Waals surface area contributed by atoms with Gasteiger partial charge in [-0.15, -0.1) is 0 Å². The number of nitrogens with one attached hydrogen (secondary N) is 1. The minimum Gasteiger partial charge on any atom is -0.497 e. The Morgan fingerprint density at radius 1 is 0.906 bits per heavy atom. The number of rotatable bonds is 8. The van der Waals surface area contributed by atoms with E-state index in [1.807, 2.05) is 24.3 Å². The molecule has 1 amide bonds. The van der Waals surface area contributed by atoms with Crippen LogP contribution < -0.4 is 14.8 Å². The molecule has 0 spiro atoms. The highest BCUT2D eigenvalue weighted by Gasteiger charge is 2.25. The minimum absolute atomic E-state index is 0.280. The van der Waals surface area contributed by atoms with Crippen molar-refractivity contribution in [3.05, 3.63) is 89.5 Å². The number of fused-ring (bicyclic) bond motifs is 1. The maximum atomic E-state index is 12.9. The lowest BCUT2D eigenvalue weighted by Crippen LogP contribution is -2.28. The Hall–Kier alpha value is -3.80. The summed E-state index contributed by atoms with van der Waals surface area (Å²) in [6.45, 7) is -0.280. The van der Waals surface area contributed by atoms with Crippen molar-refractivity contribution in [2.45, 2.75) is 25.4 Å². The fraction of sp³-hybridized carbons (Fsp3) is 0.231. The molecule has 0 fully saturated rings. The van der Waals surface area contributed by atoms with Crippen LogP contribution in [-0.2, 0) is 27.2 Å². The van der Waals surface area contributed by atoms with Crippen LogP contribution in [0.4, 0.5) is 5.69 Å². The standard InChI is InChI=1S/C26H25NO5/c1-30-22-14-11-21(12-15-22)27-26(29)25(19-6-3-2-4-7-19)32-24(28)17-31-23-13-10-18-8-5-9-20(18)16-23/h2-4,6-7,10-16,25H,5,8-9,17H2,1H3,(H,27,29). The van der Waals surface area contributed by atoms with Crippen molar-refractivity contribution < 1.29 is 23.8 Å². The van der Waals surface area contributed by atoms with E-state index >= 15 is 0 Å². The molecule has 32 heavy (non-hydrogen) atoms. The third-order valence-corrected chi connectivity index (χ3v) is 5.37. The van der Waals surface area contributed by atoms with Crippen LogP contribution in [-0.4, -0.2) is 25.6 Å². The van der Waals surface area contributed by atoms with Gasteiger partial charge in [-0.05, 0) is 66.8 Å². The van der Waals surface area contributed by atoms with Crippen molar-refractivity contribution in [2.24, 2.45) is 0 Å². The number of carbonyl (C=O) groups excluding carboxylic acids is 2. The Balaban J connectivity index is 1.41. The van der Waals surface area contributed by atoms with Crippen LogP contribution in [0.15, 0.2) is 72.8 Å². The van der Waals surface area contributed by atoms with Crippen LogP contribution >= 0.6 is 0 Å². The second-order valence-corrected chi connectivity index (χ2v) is 7.57.